The average Bonchev–Trinajstić information content (AvgIpc) is 3.06. The van der Waals surface area contributed by atoms with Crippen molar-refractivity contribution in [1.29, 1.82) is 0 Å². The molecule has 2 aromatic rings. The van der Waals surface area contributed by atoms with Crippen molar-refractivity contribution in [3.8, 4) is 0 Å². The van der Waals surface area contributed by atoms with Crippen molar-refractivity contribution in [2.45, 2.75) is 96.3 Å². The third-order valence-electron chi connectivity index (χ3n) is 13.5. The molecule has 0 heterocycles. The number of benzene rings is 2. The van der Waals surface area contributed by atoms with Crippen molar-refractivity contribution in [2.75, 3.05) is 13.1 Å². The fraction of sp³-hybridized carbons (Fsp3) is 0.595. The molecule has 0 saturated heterocycles. The molecule has 8 fully saturated rings. The van der Waals surface area contributed by atoms with Crippen LogP contribution in [0, 0.1) is 46.3 Å². The Morgan fingerprint density at radius 1 is 0.653 bits per heavy atom. The summed E-state index contributed by atoms with van der Waals surface area (Å²) in [5.41, 5.74) is 4.08. The van der Waals surface area contributed by atoms with Crippen LogP contribution < -0.4 is 10.6 Å². The molecule has 0 atom stereocenters. The molecular weight excluding hydrogens is 651 g/mol. The molecule has 8 aliphatic carbocycles. The van der Waals surface area contributed by atoms with Gasteiger partial charge in [-0.3, -0.25) is 14.4 Å². The molecule has 2 aromatic carbocycles. The minimum absolute atomic E-state index is 0.0905. The summed E-state index contributed by atoms with van der Waals surface area (Å²) in [6.07, 6.45) is 20.4. The lowest BCUT2D eigenvalue weighted by Gasteiger charge is -2.56. The number of carbonyl (C=O) groups is 3. The fourth-order valence-corrected chi connectivity index (χ4v) is 12.7. The van der Waals surface area contributed by atoms with Gasteiger partial charge < -0.3 is 10.6 Å². The number of allylic oxidation sites excluding steroid dienone is 2. The maximum absolute atomic E-state index is 13.4. The first-order valence-corrected chi connectivity index (χ1v) is 19.7. The van der Waals surface area contributed by atoms with E-state index in [9.17, 15) is 14.4 Å². The maximum atomic E-state index is 13.4. The number of hydrogen-bond acceptors (Lipinski definition) is 3. The molecule has 0 unspecified atom stereocenters. The summed E-state index contributed by atoms with van der Waals surface area (Å²) >= 11 is 13.0. The molecule has 0 aliphatic heterocycles. The summed E-state index contributed by atoms with van der Waals surface area (Å²) in [6, 6.07) is 11.2. The van der Waals surface area contributed by atoms with Gasteiger partial charge in [-0.25, -0.2) is 0 Å². The van der Waals surface area contributed by atoms with E-state index in [0.29, 0.717) is 46.0 Å². The van der Waals surface area contributed by atoms with Crippen molar-refractivity contribution in [3.63, 3.8) is 0 Å². The van der Waals surface area contributed by atoms with Crippen LogP contribution in [0.15, 0.2) is 48.0 Å². The Kier molecular flexibility index (Phi) is 9.23. The van der Waals surface area contributed by atoms with Gasteiger partial charge in [0.15, 0.2) is 0 Å². The predicted octanol–water partition coefficient (Wildman–Crippen LogP) is 9.19. The third kappa shape index (κ3) is 7.13. The van der Waals surface area contributed by atoms with E-state index in [4.69, 9.17) is 23.2 Å². The lowest BCUT2D eigenvalue weighted by atomic mass is 9.49. The number of nitrogens with one attached hydrogen (secondary N) is 2. The van der Waals surface area contributed by atoms with Gasteiger partial charge in [0.05, 0.1) is 21.2 Å². The number of aryl methyl sites for hydroxylation is 1. The van der Waals surface area contributed by atoms with Crippen molar-refractivity contribution < 1.29 is 14.4 Å². The van der Waals surface area contributed by atoms with Crippen LogP contribution in [0.3, 0.4) is 0 Å². The van der Waals surface area contributed by atoms with E-state index in [2.05, 4.69) is 10.6 Å². The van der Waals surface area contributed by atoms with Crippen LogP contribution in [0.25, 0.3) is 0 Å². The van der Waals surface area contributed by atoms with Crippen LogP contribution >= 0.6 is 23.2 Å². The number of hydrogen-bond donors (Lipinski definition) is 2. The monoisotopic (exact) mass is 700 g/mol. The van der Waals surface area contributed by atoms with Gasteiger partial charge in [-0.15, -0.1) is 0 Å². The molecule has 8 bridgehead atoms. The number of aldehydes is 1. The zero-order chi connectivity index (χ0) is 33.8. The van der Waals surface area contributed by atoms with Gasteiger partial charge in [0.25, 0.3) is 11.8 Å². The standard InChI is InChI=1S/C42H50Cl2N2O3/c43-37-6-4-26(15-35(37)39(48)45-24-41-17-29-9-30(18-41)11-31(10-29)19-41)2-1-3-28(23-47)8-27-5-7-38(44)36(16-27)40(49)46-25-42-20-32-12-33(21-42)14-34(13-32)22-42/h3-7,15-16,23,29-34H,1-2,8-14,17-22,24-25H2,(H,45,48)(H,46,49)/b28-3+. The van der Waals surface area contributed by atoms with E-state index >= 15 is 0 Å². The molecule has 0 aromatic heterocycles. The molecule has 8 saturated carbocycles. The van der Waals surface area contributed by atoms with E-state index in [1.54, 1.807) is 6.07 Å². The Balaban J connectivity index is 0.857. The lowest BCUT2D eigenvalue weighted by Crippen LogP contribution is -2.51. The van der Waals surface area contributed by atoms with E-state index in [1.165, 1.54) is 77.0 Å². The minimum atomic E-state index is -0.125. The molecule has 0 radical (unpaired) electrons. The van der Waals surface area contributed by atoms with E-state index in [-0.39, 0.29) is 22.6 Å². The highest BCUT2D eigenvalue weighted by molar-refractivity contribution is 6.34. The number of halogens is 2. The van der Waals surface area contributed by atoms with Crippen molar-refractivity contribution >= 4 is 41.3 Å². The van der Waals surface area contributed by atoms with E-state index in [1.807, 2.05) is 36.4 Å². The quantitative estimate of drug-likeness (QED) is 0.171. The molecule has 10 rings (SSSR count). The molecule has 2 N–H and O–H groups in total. The van der Waals surface area contributed by atoms with Gasteiger partial charge in [-0.05, 0) is 177 Å². The van der Waals surface area contributed by atoms with Crippen molar-refractivity contribution in [1.82, 2.24) is 10.6 Å². The van der Waals surface area contributed by atoms with Gasteiger partial charge in [0.1, 0.15) is 6.29 Å². The van der Waals surface area contributed by atoms with Gasteiger partial charge in [0, 0.05) is 19.5 Å². The fourth-order valence-electron chi connectivity index (χ4n) is 12.3. The summed E-state index contributed by atoms with van der Waals surface area (Å²) in [5, 5.41) is 7.42. The van der Waals surface area contributed by atoms with Crippen LogP contribution in [0.5, 0.6) is 0 Å². The molecule has 49 heavy (non-hydrogen) atoms. The Morgan fingerprint density at radius 3 is 1.49 bits per heavy atom. The first-order chi connectivity index (χ1) is 23.7. The summed E-state index contributed by atoms with van der Waals surface area (Å²) < 4.78 is 0. The zero-order valence-electron chi connectivity index (χ0n) is 28.6. The van der Waals surface area contributed by atoms with Crippen LogP contribution in [0.1, 0.15) is 115 Å². The molecule has 8 aliphatic rings. The molecule has 7 heteroatoms. The minimum Gasteiger partial charge on any atom is -0.351 e. The molecular formula is C42H50Cl2N2O3. The smallest absolute Gasteiger partial charge is 0.252 e. The number of rotatable bonds is 12. The van der Waals surface area contributed by atoms with Gasteiger partial charge >= 0.3 is 0 Å². The van der Waals surface area contributed by atoms with Crippen LogP contribution in [-0.4, -0.2) is 31.2 Å². The average molecular weight is 702 g/mol. The summed E-state index contributed by atoms with van der Waals surface area (Å²) in [4.78, 5) is 38.8. The number of amides is 2. The second kappa shape index (κ2) is 13.5. The van der Waals surface area contributed by atoms with Crippen molar-refractivity contribution in [3.05, 3.63) is 80.3 Å². The highest BCUT2D eigenvalue weighted by atomic mass is 35.5. The largest absolute Gasteiger partial charge is 0.351 e. The van der Waals surface area contributed by atoms with Gasteiger partial charge in [0.2, 0.25) is 0 Å². The van der Waals surface area contributed by atoms with E-state index < -0.39 is 0 Å². The van der Waals surface area contributed by atoms with Crippen LogP contribution in [0.4, 0.5) is 0 Å². The Hall–Kier alpha value is -2.63. The highest BCUT2D eigenvalue weighted by Gasteiger charge is 2.52. The number of carbonyl (C=O) groups excluding carboxylic acids is 3. The normalized spacial score (nSPS) is 33.9. The Bertz CT molecular complexity index is 1590. The molecule has 0 spiro atoms. The van der Waals surface area contributed by atoms with Gasteiger partial charge in [-0.2, -0.15) is 0 Å². The second-order valence-electron chi connectivity index (χ2n) is 17.4. The highest BCUT2D eigenvalue weighted by Crippen LogP contribution is 2.60. The van der Waals surface area contributed by atoms with Crippen LogP contribution in [-0.2, 0) is 17.6 Å². The molecule has 2 amide bonds. The SMILES string of the molecule is O=C/C(=C/CCc1ccc(Cl)c(C(=O)NCC23CC4CC(CC(C4)C2)C3)c1)Cc1ccc(Cl)c(C(=O)NCC23CC4CC(CC(C4)C2)C3)c1. The first-order valence-electron chi connectivity index (χ1n) is 18.9. The van der Waals surface area contributed by atoms with Crippen molar-refractivity contribution in [2.24, 2.45) is 46.3 Å². The van der Waals surface area contributed by atoms with Gasteiger partial charge in [-0.1, -0.05) is 41.4 Å². The first kappa shape index (κ1) is 33.5. The zero-order valence-corrected chi connectivity index (χ0v) is 30.1. The summed E-state index contributed by atoms with van der Waals surface area (Å²) in [5.74, 6) is 4.85. The third-order valence-corrected chi connectivity index (χ3v) is 14.2. The van der Waals surface area contributed by atoms with Crippen LogP contribution in [0.2, 0.25) is 10.0 Å². The Labute approximate surface area is 301 Å². The predicted molar refractivity (Wildman–Crippen MR) is 195 cm³/mol. The summed E-state index contributed by atoms with van der Waals surface area (Å²) in [7, 11) is 0. The van der Waals surface area contributed by atoms with E-state index in [0.717, 1.165) is 66.0 Å². The second-order valence-corrected chi connectivity index (χ2v) is 18.3. The molecule has 5 nitrogen and oxygen atoms in total. The maximum Gasteiger partial charge on any atom is 0.252 e. The lowest BCUT2D eigenvalue weighted by molar-refractivity contribution is -0.105. The molecule has 260 valence electrons. The topological polar surface area (TPSA) is 75.3 Å². The summed E-state index contributed by atoms with van der Waals surface area (Å²) in [6.45, 7) is 1.48. The Morgan fingerprint density at radius 2 is 1.06 bits per heavy atom.